The monoisotopic (exact) mass is 212 g/mol. The third-order valence-electron chi connectivity index (χ3n) is 2.18. The molecule has 1 heterocycles. The average molecular weight is 212 g/mol. The fraction of sp³-hybridized carbons (Fsp3) is 0.444. The molecule has 0 aliphatic rings. The van der Waals surface area contributed by atoms with Crippen molar-refractivity contribution in [2.24, 2.45) is 0 Å². The van der Waals surface area contributed by atoms with E-state index >= 15 is 0 Å². The number of hydrogen-bond acceptors (Lipinski definition) is 3. The SMILES string of the molecule is C=C(F)C(=O)NC(C)C(C)n1cncn1. The molecule has 0 saturated carbocycles. The average Bonchev–Trinajstić information content (AvgIpc) is 2.68. The van der Waals surface area contributed by atoms with Gasteiger partial charge in [0.15, 0.2) is 5.83 Å². The molecule has 1 aromatic heterocycles. The fourth-order valence-corrected chi connectivity index (χ4v) is 1.06. The van der Waals surface area contributed by atoms with Crippen molar-refractivity contribution < 1.29 is 9.18 Å². The maximum Gasteiger partial charge on any atom is 0.279 e. The van der Waals surface area contributed by atoms with Gasteiger partial charge in [0, 0.05) is 6.04 Å². The Balaban J connectivity index is 2.58. The number of nitrogens with zero attached hydrogens (tertiary/aromatic N) is 3. The molecule has 15 heavy (non-hydrogen) atoms. The van der Waals surface area contributed by atoms with E-state index in [4.69, 9.17) is 0 Å². The minimum absolute atomic E-state index is 0.101. The summed E-state index contributed by atoms with van der Waals surface area (Å²) in [5.41, 5.74) is 0. The summed E-state index contributed by atoms with van der Waals surface area (Å²) in [6.07, 6.45) is 2.94. The van der Waals surface area contributed by atoms with Gasteiger partial charge < -0.3 is 5.32 Å². The van der Waals surface area contributed by atoms with Crippen LogP contribution in [0.2, 0.25) is 0 Å². The van der Waals surface area contributed by atoms with Crippen molar-refractivity contribution in [3.63, 3.8) is 0 Å². The summed E-state index contributed by atoms with van der Waals surface area (Å²) in [6, 6.07) is -0.359. The Bertz CT molecular complexity index is 349. The van der Waals surface area contributed by atoms with Crippen molar-refractivity contribution in [2.45, 2.75) is 25.9 Å². The first-order valence-electron chi connectivity index (χ1n) is 4.51. The summed E-state index contributed by atoms with van der Waals surface area (Å²) < 4.78 is 14.0. The summed E-state index contributed by atoms with van der Waals surface area (Å²) in [5, 5.41) is 6.39. The highest BCUT2D eigenvalue weighted by Gasteiger charge is 2.17. The molecule has 0 spiro atoms. The number of carbonyl (C=O) groups excluding carboxylic acids is 1. The third-order valence-corrected chi connectivity index (χ3v) is 2.18. The number of rotatable bonds is 4. The maximum atomic E-state index is 12.4. The number of nitrogens with one attached hydrogen (secondary N) is 1. The zero-order chi connectivity index (χ0) is 11.4. The van der Waals surface area contributed by atoms with Crippen LogP contribution in [0.15, 0.2) is 25.1 Å². The molecule has 0 aromatic carbocycles. The summed E-state index contributed by atoms with van der Waals surface area (Å²) in [6.45, 7) is 6.52. The number of hydrogen-bond donors (Lipinski definition) is 1. The van der Waals surface area contributed by atoms with E-state index in [0.29, 0.717) is 0 Å². The predicted molar refractivity (Wildman–Crippen MR) is 52.6 cm³/mol. The lowest BCUT2D eigenvalue weighted by atomic mass is 10.2. The van der Waals surface area contributed by atoms with Crippen LogP contribution in [0.25, 0.3) is 0 Å². The van der Waals surface area contributed by atoms with Crippen LogP contribution in [0.4, 0.5) is 4.39 Å². The van der Waals surface area contributed by atoms with Crippen molar-refractivity contribution in [2.75, 3.05) is 0 Å². The van der Waals surface area contributed by atoms with Gasteiger partial charge in [-0.3, -0.25) is 4.79 Å². The van der Waals surface area contributed by atoms with E-state index in [0.717, 1.165) is 0 Å². The normalized spacial score (nSPS) is 14.3. The number of carbonyl (C=O) groups is 1. The molecule has 2 unspecified atom stereocenters. The molecule has 1 rings (SSSR count). The van der Waals surface area contributed by atoms with E-state index in [2.05, 4.69) is 22.0 Å². The molecule has 82 valence electrons. The Labute approximate surface area is 87.0 Å². The lowest BCUT2D eigenvalue weighted by Gasteiger charge is -2.20. The minimum atomic E-state index is -0.993. The molecule has 0 bridgehead atoms. The van der Waals surface area contributed by atoms with Crippen molar-refractivity contribution in [3.05, 3.63) is 25.1 Å². The minimum Gasteiger partial charge on any atom is -0.345 e. The van der Waals surface area contributed by atoms with Gasteiger partial charge in [-0.15, -0.1) is 0 Å². The molecule has 0 radical (unpaired) electrons. The second-order valence-corrected chi connectivity index (χ2v) is 3.28. The molecule has 0 aliphatic heterocycles. The van der Waals surface area contributed by atoms with Gasteiger partial charge >= 0.3 is 0 Å². The van der Waals surface area contributed by atoms with Gasteiger partial charge in [-0.1, -0.05) is 6.58 Å². The topological polar surface area (TPSA) is 59.8 Å². The Hall–Kier alpha value is -1.72. The van der Waals surface area contributed by atoms with Gasteiger partial charge in [0.05, 0.1) is 6.04 Å². The highest BCUT2D eigenvalue weighted by molar-refractivity contribution is 5.90. The van der Waals surface area contributed by atoms with Crippen LogP contribution in [0.5, 0.6) is 0 Å². The first-order valence-corrected chi connectivity index (χ1v) is 4.51. The Morgan fingerprint density at radius 1 is 1.60 bits per heavy atom. The second-order valence-electron chi connectivity index (χ2n) is 3.28. The molecule has 0 aliphatic carbocycles. The van der Waals surface area contributed by atoms with Gasteiger partial charge in [-0.05, 0) is 13.8 Å². The highest BCUT2D eigenvalue weighted by atomic mass is 19.1. The molecular weight excluding hydrogens is 199 g/mol. The van der Waals surface area contributed by atoms with Crippen LogP contribution in [-0.2, 0) is 4.79 Å². The molecule has 0 fully saturated rings. The molecular formula is C9H13FN4O. The van der Waals surface area contributed by atoms with E-state index in [1.165, 1.54) is 12.7 Å². The van der Waals surface area contributed by atoms with Crippen LogP contribution < -0.4 is 5.32 Å². The van der Waals surface area contributed by atoms with E-state index in [9.17, 15) is 9.18 Å². The van der Waals surface area contributed by atoms with Gasteiger partial charge in [0.2, 0.25) is 0 Å². The smallest absolute Gasteiger partial charge is 0.279 e. The highest BCUT2D eigenvalue weighted by Crippen LogP contribution is 2.08. The molecule has 1 N–H and O–H groups in total. The van der Waals surface area contributed by atoms with Gasteiger partial charge in [-0.2, -0.15) is 5.10 Å². The van der Waals surface area contributed by atoms with Crippen molar-refractivity contribution in [1.82, 2.24) is 20.1 Å². The zero-order valence-electron chi connectivity index (χ0n) is 8.64. The molecule has 5 nitrogen and oxygen atoms in total. The summed E-state index contributed by atoms with van der Waals surface area (Å²) in [7, 11) is 0. The van der Waals surface area contributed by atoms with Gasteiger partial charge in [0.25, 0.3) is 5.91 Å². The molecule has 2 atom stereocenters. The van der Waals surface area contributed by atoms with Crippen LogP contribution in [0, 0.1) is 0 Å². The Kier molecular flexibility index (Phi) is 3.54. The summed E-state index contributed by atoms with van der Waals surface area (Å²) in [5.74, 6) is -1.79. The molecule has 1 amide bonds. The largest absolute Gasteiger partial charge is 0.345 e. The van der Waals surface area contributed by atoms with Crippen LogP contribution in [0.1, 0.15) is 19.9 Å². The third kappa shape index (κ3) is 2.87. The standard InChI is InChI=1S/C9H13FN4O/c1-6(10)9(15)13-7(2)8(3)14-5-11-4-12-14/h4-5,7-8H,1H2,2-3H3,(H,13,15). The predicted octanol–water partition coefficient (Wildman–Crippen LogP) is 0.827. The zero-order valence-corrected chi connectivity index (χ0v) is 8.64. The van der Waals surface area contributed by atoms with E-state index in [1.807, 2.05) is 6.92 Å². The lowest BCUT2D eigenvalue weighted by molar-refractivity contribution is -0.119. The van der Waals surface area contributed by atoms with Crippen LogP contribution >= 0.6 is 0 Å². The number of halogens is 1. The maximum absolute atomic E-state index is 12.4. The van der Waals surface area contributed by atoms with E-state index in [1.54, 1.807) is 11.6 Å². The number of amides is 1. The van der Waals surface area contributed by atoms with Crippen LogP contribution in [0.3, 0.4) is 0 Å². The Morgan fingerprint density at radius 2 is 2.27 bits per heavy atom. The fourth-order valence-electron chi connectivity index (χ4n) is 1.06. The van der Waals surface area contributed by atoms with Crippen molar-refractivity contribution in [1.29, 1.82) is 0 Å². The quantitative estimate of drug-likeness (QED) is 0.752. The van der Waals surface area contributed by atoms with Crippen LogP contribution in [-0.4, -0.2) is 26.7 Å². The first kappa shape index (κ1) is 11.4. The molecule has 6 heteroatoms. The summed E-state index contributed by atoms with van der Waals surface area (Å²) in [4.78, 5) is 14.8. The first-order chi connectivity index (χ1) is 7.02. The van der Waals surface area contributed by atoms with E-state index in [-0.39, 0.29) is 12.1 Å². The van der Waals surface area contributed by atoms with Gasteiger partial charge in [0.1, 0.15) is 12.7 Å². The Morgan fingerprint density at radius 3 is 2.73 bits per heavy atom. The molecule has 1 aromatic rings. The van der Waals surface area contributed by atoms with Gasteiger partial charge in [-0.25, -0.2) is 14.1 Å². The van der Waals surface area contributed by atoms with E-state index < -0.39 is 11.7 Å². The van der Waals surface area contributed by atoms with Crippen molar-refractivity contribution >= 4 is 5.91 Å². The lowest BCUT2D eigenvalue weighted by Crippen LogP contribution is -2.38. The van der Waals surface area contributed by atoms with Crippen molar-refractivity contribution in [3.8, 4) is 0 Å². The summed E-state index contributed by atoms with van der Waals surface area (Å²) >= 11 is 0. The molecule has 0 saturated heterocycles. The second kappa shape index (κ2) is 4.68. The number of aromatic nitrogens is 3.